The first-order valence-corrected chi connectivity index (χ1v) is 9.59. The van der Waals surface area contributed by atoms with Crippen molar-refractivity contribution in [2.24, 2.45) is 0 Å². The van der Waals surface area contributed by atoms with Gasteiger partial charge < -0.3 is 19.0 Å². The van der Waals surface area contributed by atoms with Crippen LogP contribution in [0.1, 0.15) is 30.0 Å². The lowest BCUT2D eigenvalue weighted by Crippen LogP contribution is -2.18. The smallest absolute Gasteiger partial charge is 0.183 e. The molecule has 3 aromatic heterocycles. The number of rotatable bonds is 6. The van der Waals surface area contributed by atoms with Gasteiger partial charge in [0.25, 0.3) is 0 Å². The van der Waals surface area contributed by atoms with Gasteiger partial charge in [-0.05, 0) is 44.9 Å². The highest BCUT2D eigenvalue weighted by molar-refractivity contribution is 7.14. The van der Waals surface area contributed by atoms with E-state index in [9.17, 15) is 0 Å². The number of aromatic nitrogens is 2. The van der Waals surface area contributed by atoms with Gasteiger partial charge in [-0.15, -0.1) is 11.3 Å². The number of nitrogens with one attached hydrogen (secondary N) is 1. The van der Waals surface area contributed by atoms with Gasteiger partial charge in [-0.1, -0.05) is 0 Å². The molecule has 0 radical (unpaired) electrons. The van der Waals surface area contributed by atoms with Crippen molar-refractivity contribution < 1.29 is 9.15 Å². The van der Waals surface area contributed by atoms with Crippen molar-refractivity contribution in [3.8, 4) is 11.3 Å². The Labute approximate surface area is 151 Å². The summed E-state index contributed by atoms with van der Waals surface area (Å²) in [6.07, 6.45) is 4.35. The van der Waals surface area contributed by atoms with Crippen LogP contribution in [0.3, 0.4) is 0 Å². The molecular weight excluding hydrogens is 334 g/mol. The molecule has 3 aromatic rings. The molecule has 25 heavy (non-hydrogen) atoms. The summed E-state index contributed by atoms with van der Waals surface area (Å²) in [4.78, 5) is 4.77. The third-order valence-electron chi connectivity index (χ3n) is 4.75. The zero-order valence-corrected chi connectivity index (χ0v) is 15.4. The van der Waals surface area contributed by atoms with E-state index in [4.69, 9.17) is 14.1 Å². The summed E-state index contributed by atoms with van der Waals surface area (Å²) in [7, 11) is 0. The second-order valence-electron chi connectivity index (χ2n) is 6.50. The Bertz CT molecular complexity index is 829. The molecule has 0 saturated carbocycles. The van der Waals surface area contributed by atoms with E-state index in [1.807, 2.05) is 12.1 Å². The summed E-state index contributed by atoms with van der Waals surface area (Å²) in [6.45, 7) is 6.74. The number of nitrogens with zero attached hydrogens (tertiary/aromatic N) is 2. The molecule has 0 spiro atoms. The molecule has 1 atom stereocenters. The SMILES string of the molecule is Cc1cc(-c2csc(NC[C@H]3CCCO3)n2)c(C)n1Cc1ccco1. The molecule has 1 saturated heterocycles. The topological polar surface area (TPSA) is 52.2 Å². The highest BCUT2D eigenvalue weighted by Crippen LogP contribution is 2.30. The van der Waals surface area contributed by atoms with E-state index in [0.717, 1.165) is 49.1 Å². The Balaban J connectivity index is 1.50. The second kappa shape index (κ2) is 7.06. The van der Waals surface area contributed by atoms with Crippen LogP contribution in [0.4, 0.5) is 5.13 Å². The quantitative estimate of drug-likeness (QED) is 0.708. The van der Waals surface area contributed by atoms with Crippen LogP contribution >= 0.6 is 11.3 Å². The van der Waals surface area contributed by atoms with Crippen molar-refractivity contribution in [2.75, 3.05) is 18.5 Å². The van der Waals surface area contributed by atoms with E-state index >= 15 is 0 Å². The molecule has 4 heterocycles. The molecule has 132 valence electrons. The fraction of sp³-hybridized carbons (Fsp3) is 0.421. The molecule has 4 rings (SSSR count). The first kappa shape index (κ1) is 16.4. The summed E-state index contributed by atoms with van der Waals surface area (Å²) >= 11 is 1.65. The van der Waals surface area contributed by atoms with Gasteiger partial charge in [0.2, 0.25) is 0 Å². The van der Waals surface area contributed by atoms with E-state index in [1.165, 1.54) is 17.0 Å². The minimum absolute atomic E-state index is 0.325. The van der Waals surface area contributed by atoms with Crippen molar-refractivity contribution in [1.82, 2.24) is 9.55 Å². The van der Waals surface area contributed by atoms with Crippen LogP contribution in [-0.2, 0) is 11.3 Å². The Morgan fingerprint density at radius 3 is 3.08 bits per heavy atom. The van der Waals surface area contributed by atoms with E-state index in [-0.39, 0.29) is 0 Å². The first-order valence-electron chi connectivity index (χ1n) is 8.71. The van der Waals surface area contributed by atoms with E-state index in [1.54, 1.807) is 17.6 Å². The van der Waals surface area contributed by atoms with E-state index in [2.05, 4.69) is 35.2 Å². The van der Waals surface area contributed by atoms with Crippen LogP contribution in [0.15, 0.2) is 34.3 Å². The number of aryl methyl sites for hydroxylation is 1. The summed E-state index contributed by atoms with van der Waals surface area (Å²) in [6, 6.07) is 6.14. The normalized spacial score (nSPS) is 17.3. The summed E-state index contributed by atoms with van der Waals surface area (Å²) in [5.74, 6) is 0.963. The average Bonchev–Trinajstić information content (AvgIpc) is 3.38. The highest BCUT2D eigenvalue weighted by Gasteiger charge is 2.17. The summed E-state index contributed by atoms with van der Waals surface area (Å²) in [5.41, 5.74) is 4.64. The number of furan rings is 1. The van der Waals surface area contributed by atoms with Crippen molar-refractivity contribution in [3.63, 3.8) is 0 Å². The maximum absolute atomic E-state index is 5.66. The zero-order valence-electron chi connectivity index (χ0n) is 14.6. The number of hydrogen-bond acceptors (Lipinski definition) is 5. The molecule has 0 aromatic carbocycles. The molecule has 6 heteroatoms. The fourth-order valence-electron chi connectivity index (χ4n) is 3.35. The van der Waals surface area contributed by atoms with Gasteiger partial charge in [-0.2, -0.15) is 0 Å². The number of anilines is 1. The molecule has 5 nitrogen and oxygen atoms in total. The van der Waals surface area contributed by atoms with Crippen molar-refractivity contribution in [1.29, 1.82) is 0 Å². The monoisotopic (exact) mass is 357 g/mol. The van der Waals surface area contributed by atoms with Crippen LogP contribution in [-0.4, -0.2) is 28.8 Å². The van der Waals surface area contributed by atoms with Crippen LogP contribution in [0.25, 0.3) is 11.3 Å². The molecule has 0 aliphatic carbocycles. The van der Waals surface area contributed by atoms with Crippen molar-refractivity contribution >= 4 is 16.5 Å². The number of thiazole rings is 1. The van der Waals surface area contributed by atoms with Gasteiger partial charge in [-0.3, -0.25) is 0 Å². The molecule has 1 fully saturated rings. The van der Waals surface area contributed by atoms with Gasteiger partial charge in [-0.25, -0.2) is 4.98 Å². The van der Waals surface area contributed by atoms with Crippen LogP contribution in [0, 0.1) is 13.8 Å². The molecule has 1 aliphatic heterocycles. The van der Waals surface area contributed by atoms with Crippen molar-refractivity contribution in [3.05, 3.63) is 47.0 Å². The summed E-state index contributed by atoms with van der Waals surface area (Å²) < 4.78 is 13.4. The van der Waals surface area contributed by atoms with Crippen LogP contribution in [0.2, 0.25) is 0 Å². The maximum Gasteiger partial charge on any atom is 0.183 e. The fourth-order valence-corrected chi connectivity index (χ4v) is 4.07. The van der Waals surface area contributed by atoms with Crippen LogP contribution in [0.5, 0.6) is 0 Å². The first-order chi connectivity index (χ1) is 12.2. The molecule has 0 amide bonds. The average molecular weight is 357 g/mol. The Morgan fingerprint density at radius 1 is 1.40 bits per heavy atom. The van der Waals surface area contributed by atoms with Gasteiger partial charge >= 0.3 is 0 Å². The minimum atomic E-state index is 0.325. The molecule has 0 unspecified atom stereocenters. The Morgan fingerprint density at radius 2 is 2.32 bits per heavy atom. The van der Waals surface area contributed by atoms with Gasteiger partial charge in [0, 0.05) is 35.5 Å². The summed E-state index contributed by atoms with van der Waals surface area (Å²) in [5, 5.41) is 6.50. The lowest BCUT2D eigenvalue weighted by molar-refractivity contribution is 0.120. The molecule has 1 aliphatic rings. The van der Waals surface area contributed by atoms with Crippen LogP contribution < -0.4 is 5.32 Å². The third kappa shape index (κ3) is 3.50. The second-order valence-corrected chi connectivity index (χ2v) is 7.36. The molecule has 1 N–H and O–H groups in total. The van der Waals surface area contributed by atoms with E-state index < -0.39 is 0 Å². The number of ether oxygens (including phenoxy) is 1. The standard InChI is InChI=1S/C19H23N3O2S/c1-13-9-17(14(2)22(13)11-16-6-4-8-24-16)18-12-25-19(21-18)20-10-15-5-3-7-23-15/h4,6,8-9,12,15H,3,5,7,10-11H2,1-2H3,(H,20,21)/t15-/m1/s1. The van der Waals surface area contributed by atoms with Crippen molar-refractivity contribution in [2.45, 2.75) is 39.3 Å². The lowest BCUT2D eigenvalue weighted by atomic mass is 10.2. The predicted octanol–water partition coefficient (Wildman–Crippen LogP) is 4.46. The maximum atomic E-state index is 5.66. The third-order valence-corrected chi connectivity index (χ3v) is 5.55. The van der Waals surface area contributed by atoms with Gasteiger partial charge in [0.15, 0.2) is 5.13 Å². The van der Waals surface area contributed by atoms with Gasteiger partial charge in [0.05, 0.1) is 24.6 Å². The lowest BCUT2D eigenvalue weighted by Gasteiger charge is -2.09. The highest BCUT2D eigenvalue weighted by atomic mass is 32.1. The van der Waals surface area contributed by atoms with E-state index in [0.29, 0.717) is 6.10 Å². The zero-order chi connectivity index (χ0) is 17.2. The molecular formula is C19H23N3O2S. The minimum Gasteiger partial charge on any atom is -0.467 e. The predicted molar refractivity (Wildman–Crippen MR) is 100 cm³/mol. The Kier molecular flexibility index (Phi) is 4.63. The Hall–Kier alpha value is -2.05. The number of hydrogen-bond donors (Lipinski definition) is 1. The molecule has 0 bridgehead atoms. The largest absolute Gasteiger partial charge is 0.467 e. The van der Waals surface area contributed by atoms with Gasteiger partial charge in [0.1, 0.15) is 5.76 Å².